The summed E-state index contributed by atoms with van der Waals surface area (Å²) in [7, 11) is 0. The van der Waals surface area contributed by atoms with E-state index in [1.807, 2.05) is 0 Å². The summed E-state index contributed by atoms with van der Waals surface area (Å²) in [5.41, 5.74) is 0. The zero-order valence-corrected chi connectivity index (χ0v) is 16.3. The molecule has 3 heterocycles. The Bertz CT molecular complexity index is 683. The van der Waals surface area contributed by atoms with E-state index < -0.39 is 0 Å². The Morgan fingerprint density at radius 2 is 1.92 bits per heavy atom. The number of hydrogen-bond donors (Lipinski definition) is 0. The molecule has 0 amide bonds. The van der Waals surface area contributed by atoms with Crippen LogP contribution < -0.4 is 9.64 Å². The molecule has 2 aromatic heterocycles. The van der Waals surface area contributed by atoms with Crippen molar-refractivity contribution >= 4 is 17.6 Å². The Morgan fingerprint density at radius 3 is 2.54 bits per heavy atom. The van der Waals surface area contributed by atoms with Crippen LogP contribution in [0.25, 0.3) is 0 Å². The summed E-state index contributed by atoms with van der Waals surface area (Å²) in [5, 5.41) is 4.29. The normalized spacial score (nSPS) is 16.9. The van der Waals surface area contributed by atoms with E-state index in [2.05, 4.69) is 45.8 Å². The van der Waals surface area contributed by atoms with Crippen LogP contribution in [-0.2, 0) is 0 Å². The molecule has 0 bridgehead atoms. The Labute approximate surface area is 159 Å². The van der Waals surface area contributed by atoms with Crippen molar-refractivity contribution in [3.63, 3.8) is 0 Å². The van der Waals surface area contributed by atoms with Crippen LogP contribution >= 0.6 is 11.6 Å². The SMILES string of the molecule is CC(C)c1noc(N2CCC(C(C)CCOc3cnc(Cl)nc3)CC2)n1. The molecule has 142 valence electrons. The van der Waals surface area contributed by atoms with E-state index in [9.17, 15) is 0 Å². The molecule has 8 heteroatoms. The van der Waals surface area contributed by atoms with Gasteiger partial charge in [-0.1, -0.05) is 25.9 Å². The molecule has 26 heavy (non-hydrogen) atoms. The van der Waals surface area contributed by atoms with Crippen LogP contribution in [0.5, 0.6) is 5.75 Å². The van der Waals surface area contributed by atoms with Gasteiger partial charge in [0, 0.05) is 19.0 Å². The molecule has 7 nitrogen and oxygen atoms in total. The van der Waals surface area contributed by atoms with Crippen LogP contribution in [0.1, 0.15) is 51.8 Å². The van der Waals surface area contributed by atoms with Crippen molar-refractivity contribution in [1.29, 1.82) is 0 Å². The topological polar surface area (TPSA) is 77.2 Å². The highest BCUT2D eigenvalue weighted by Crippen LogP contribution is 2.29. The second-order valence-electron chi connectivity index (χ2n) is 7.22. The first-order chi connectivity index (χ1) is 12.5. The molecule has 2 aromatic rings. The van der Waals surface area contributed by atoms with Gasteiger partial charge in [-0.3, -0.25) is 0 Å². The second-order valence-corrected chi connectivity index (χ2v) is 7.55. The fourth-order valence-electron chi connectivity index (χ4n) is 3.22. The third-order valence-electron chi connectivity index (χ3n) is 5.00. The van der Waals surface area contributed by atoms with Gasteiger partial charge in [0.2, 0.25) is 5.28 Å². The number of hydrogen-bond acceptors (Lipinski definition) is 7. The third-order valence-corrected chi connectivity index (χ3v) is 5.20. The van der Waals surface area contributed by atoms with Crippen LogP contribution in [-0.4, -0.2) is 39.8 Å². The maximum Gasteiger partial charge on any atom is 0.324 e. The Kier molecular flexibility index (Phi) is 6.29. The van der Waals surface area contributed by atoms with Crippen LogP contribution in [0.15, 0.2) is 16.9 Å². The molecule has 0 spiro atoms. The highest BCUT2D eigenvalue weighted by Gasteiger charge is 2.26. The van der Waals surface area contributed by atoms with E-state index in [1.165, 1.54) is 0 Å². The second kappa shape index (κ2) is 8.66. The lowest BCUT2D eigenvalue weighted by Gasteiger charge is -2.33. The minimum absolute atomic E-state index is 0.235. The molecule has 0 N–H and O–H groups in total. The van der Waals surface area contributed by atoms with Gasteiger partial charge in [-0.2, -0.15) is 4.98 Å². The van der Waals surface area contributed by atoms with E-state index in [0.29, 0.717) is 30.2 Å². The molecule has 1 fully saturated rings. The highest BCUT2D eigenvalue weighted by molar-refractivity contribution is 6.28. The number of nitrogens with zero attached hydrogens (tertiary/aromatic N) is 5. The molecule has 0 saturated carbocycles. The van der Waals surface area contributed by atoms with Crippen LogP contribution in [0.3, 0.4) is 0 Å². The predicted molar refractivity (Wildman–Crippen MR) is 99.6 cm³/mol. The minimum Gasteiger partial charge on any atom is -0.490 e. The number of halogens is 1. The molecular weight excluding hydrogens is 354 g/mol. The zero-order chi connectivity index (χ0) is 18.5. The summed E-state index contributed by atoms with van der Waals surface area (Å²) in [5.74, 6) is 3.01. The Balaban J connectivity index is 1.41. The van der Waals surface area contributed by atoms with Gasteiger partial charge in [0.1, 0.15) is 0 Å². The summed E-state index contributed by atoms with van der Waals surface area (Å²) >= 11 is 5.67. The van der Waals surface area contributed by atoms with Gasteiger partial charge in [-0.25, -0.2) is 9.97 Å². The van der Waals surface area contributed by atoms with E-state index in [4.69, 9.17) is 20.9 Å². The molecule has 0 aromatic carbocycles. The lowest BCUT2D eigenvalue weighted by molar-refractivity contribution is 0.219. The fourth-order valence-corrected chi connectivity index (χ4v) is 3.32. The van der Waals surface area contributed by atoms with Gasteiger partial charge in [0.05, 0.1) is 19.0 Å². The quantitative estimate of drug-likeness (QED) is 0.674. The lowest BCUT2D eigenvalue weighted by atomic mass is 9.84. The molecule has 0 aliphatic carbocycles. The predicted octanol–water partition coefficient (Wildman–Crippen LogP) is 3.96. The van der Waals surface area contributed by atoms with E-state index >= 15 is 0 Å². The van der Waals surface area contributed by atoms with Crippen molar-refractivity contribution in [2.45, 2.75) is 46.0 Å². The molecule has 1 saturated heterocycles. The number of rotatable bonds is 7. The Hall–Kier alpha value is -1.89. The average Bonchev–Trinajstić information content (AvgIpc) is 3.14. The highest BCUT2D eigenvalue weighted by atomic mass is 35.5. The van der Waals surface area contributed by atoms with Crippen molar-refractivity contribution in [2.75, 3.05) is 24.6 Å². The van der Waals surface area contributed by atoms with E-state index in [0.717, 1.165) is 38.2 Å². The smallest absolute Gasteiger partial charge is 0.324 e. The molecule has 1 atom stereocenters. The number of aromatic nitrogens is 4. The minimum atomic E-state index is 0.235. The summed E-state index contributed by atoms with van der Waals surface area (Å²) in [6.07, 6.45) is 6.48. The van der Waals surface area contributed by atoms with Crippen molar-refractivity contribution in [1.82, 2.24) is 20.1 Å². The molecular formula is C18H26ClN5O2. The standard InChI is InChI=1S/C18H26ClN5O2/c1-12(2)16-22-18(26-23-16)24-7-4-14(5-8-24)13(3)6-9-25-15-10-20-17(19)21-11-15/h10-14H,4-9H2,1-3H3. The fraction of sp³-hybridized carbons (Fsp3) is 0.667. The van der Waals surface area contributed by atoms with Crippen LogP contribution in [0.4, 0.5) is 6.01 Å². The Morgan fingerprint density at radius 1 is 1.23 bits per heavy atom. The van der Waals surface area contributed by atoms with Crippen molar-refractivity contribution < 1.29 is 9.26 Å². The van der Waals surface area contributed by atoms with Gasteiger partial charge in [0.15, 0.2) is 11.6 Å². The third kappa shape index (κ3) is 4.84. The lowest BCUT2D eigenvalue weighted by Crippen LogP contribution is -2.36. The monoisotopic (exact) mass is 379 g/mol. The average molecular weight is 380 g/mol. The number of ether oxygens (including phenoxy) is 1. The van der Waals surface area contributed by atoms with Crippen molar-refractivity contribution in [3.05, 3.63) is 23.5 Å². The van der Waals surface area contributed by atoms with E-state index in [1.54, 1.807) is 12.4 Å². The first kappa shape index (κ1) is 18.9. The summed E-state index contributed by atoms with van der Waals surface area (Å²) in [4.78, 5) is 14.5. The zero-order valence-electron chi connectivity index (χ0n) is 15.6. The molecule has 1 aliphatic rings. The molecule has 3 rings (SSSR count). The first-order valence-electron chi connectivity index (χ1n) is 9.22. The van der Waals surface area contributed by atoms with Crippen LogP contribution in [0, 0.1) is 11.8 Å². The summed E-state index contributed by atoms with van der Waals surface area (Å²) < 4.78 is 11.1. The van der Waals surface area contributed by atoms with Crippen molar-refractivity contribution in [2.24, 2.45) is 11.8 Å². The molecule has 1 unspecified atom stereocenters. The van der Waals surface area contributed by atoms with Crippen molar-refractivity contribution in [3.8, 4) is 5.75 Å². The largest absolute Gasteiger partial charge is 0.490 e. The number of piperidine rings is 1. The molecule has 1 aliphatic heterocycles. The maximum absolute atomic E-state index is 5.71. The van der Waals surface area contributed by atoms with E-state index in [-0.39, 0.29) is 11.2 Å². The summed E-state index contributed by atoms with van der Waals surface area (Å²) in [6.45, 7) is 9.02. The summed E-state index contributed by atoms with van der Waals surface area (Å²) in [6, 6.07) is 0.658. The maximum atomic E-state index is 5.71. The van der Waals surface area contributed by atoms with Gasteiger partial charge in [-0.15, -0.1) is 0 Å². The van der Waals surface area contributed by atoms with Gasteiger partial charge in [-0.05, 0) is 42.7 Å². The number of anilines is 1. The van der Waals surface area contributed by atoms with Gasteiger partial charge in [0.25, 0.3) is 0 Å². The van der Waals surface area contributed by atoms with Gasteiger partial charge < -0.3 is 14.2 Å². The first-order valence-corrected chi connectivity index (χ1v) is 9.59. The van der Waals surface area contributed by atoms with Crippen LogP contribution in [0.2, 0.25) is 5.28 Å². The van der Waals surface area contributed by atoms with Gasteiger partial charge >= 0.3 is 6.01 Å². The molecule has 0 radical (unpaired) electrons.